The van der Waals surface area contributed by atoms with Crippen LogP contribution in [0.1, 0.15) is 29.5 Å². The molecule has 19 heavy (non-hydrogen) atoms. The second-order valence-corrected chi connectivity index (χ2v) is 5.17. The van der Waals surface area contributed by atoms with Gasteiger partial charge in [-0.3, -0.25) is 0 Å². The third kappa shape index (κ3) is 2.21. The molecule has 0 spiro atoms. The highest BCUT2D eigenvalue weighted by molar-refractivity contribution is 6.20. The van der Waals surface area contributed by atoms with E-state index in [1.54, 1.807) is 0 Å². The van der Waals surface area contributed by atoms with E-state index in [9.17, 15) is 0 Å². The van der Waals surface area contributed by atoms with E-state index < -0.39 is 0 Å². The third-order valence-corrected chi connectivity index (χ3v) is 3.19. The molecule has 0 aliphatic rings. The summed E-state index contributed by atoms with van der Waals surface area (Å²) >= 11 is 6.21. The van der Waals surface area contributed by atoms with Crippen LogP contribution < -0.4 is 0 Å². The molecule has 98 valence electrons. The zero-order valence-electron chi connectivity index (χ0n) is 10.7. The second-order valence-electron chi connectivity index (χ2n) is 4.51. The van der Waals surface area contributed by atoms with Crippen LogP contribution in [-0.4, -0.2) is 19.7 Å². The van der Waals surface area contributed by atoms with Crippen LogP contribution in [0.5, 0.6) is 0 Å². The molecule has 0 aliphatic carbocycles. The van der Waals surface area contributed by atoms with Crippen molar-refractivity contribution in [3.05, 3.63) is 41.8 Å². The number of hydrogen-bond acceptors (Lipinski definition) is 4. The van der Waals surface area contributed by atoms with Gasteiger partial charge in [-0.25, -0.2) is 4.98 Å². The summed E-state index contributed by atoms with van der Waals surface area (Å²) in [5, 5.41) is 3.66. The van der Waals surface area contributed by atoms with Gasteiger partial charge in [-0.05, 0) is 31.5 Å². The van der Waals surface area contributed by atoms with Crippen LogP contribution in [-0.2, 0) is 6.54 Å². The monoisotopic (exact) mass is 276 g/mol. The van der Waals surface area contributed by atoms with Crippen molar-refractivity contribution in [2.24, 2.45) is 0 Å². The minimum Gasteiger partial charge on any atom is -0.343 e. The first kappa shape index (κ1) is 12.2. The van der Waals surface area contributed by atoms with Gasteiger partial charge < -0.3 is 9.09 Å². The molecule has 5 nitrogen and oxygen atoms in total. The van der Waals surface area contributed by atoms with E-state index in [-0.39, 0.29) is 5.38 Å². The van der Waals surface area contributed by atoms with Gasteiger partial charge in [0.2, 0.25) is 6.39 Å². The van der Waals surface area contributed by atoms with Crippen molar-refractivity contribution in [1.29, 1.82) is 0 Å². The van der Waals surface area contributed by atoms with Crippen molar-refractivity contribution in [1.82, 2.24) is 19.7 Å². The maximum atomic E-state index is 6.21. The van der Waals surface area contributed by atoms with E-state index >= 15 is 0 Å². The molecule has 6 heteroatoms. The molecule has 0 fully saturated rings. The van der Waals surface area contributed by atoms with E-state index in [1.165, 1.54) is 12.0 Å². The minimum atomic E-state index is -0.181. The lowest BCUT2D eigenvalue weighted by Crippen LogP contribution is -2.07. The normalized spacial score (nSPS) is 13.0. The standard InChI is InChI=1S/C13H13ClN4O/c1-8-3-4-10-11(5-8)18(13(16-10)9(2)14)6-12-15-7-19-17-12/h3-5,7,9H,6H2,1-2H3. The first-order valence-corrected chi connectivity index (χ1v) is 6.45. The van der Waals surface area contributed by atoms with Crippen molar-refractivity contribution in [3.63, 3.8) is 0 Å². The topological polar surface area (TPSA) is 56.7 Å². The number of rotatable bonds is 3. The fraction of sp³-hybridized carbons (Fsp3) is 0.308. The zero-order chi connectivity index (χ0) is 13.4. The predicted molar refractivity (Wildman–Crippen MR) is 72.1 cm³/mol. The van der Waals surface area contributed by atoms with Gasteiger partial charge in [0, 0.05) is 0 Å². The van der Waals surface area contributed by atoms with Crippen molar-refractivity contribution >= 4 is 22.6 Å². The van der Waals surface area contributed by atoms with E-state index in [2.05, 4.69) is 28.1 Å². The van der Waals surface area contributed by atoms with Gasteiger partial charge >= 0.3 is 0 Å². The molecule has 3 rings (SSSR count). The molecule has 0 saturated heterocycles. The Morgan fingerprint density at radius 2 is 2.26 bits per heavy atom. The number of hydrogen-bond donors (Lipinski definition) is 0. The van der Waals surface area contributed by atoms with Crippen molar-refractivity contribution in [2.75, 3.05) is 0 Å². The zero-order valence-corrected chi connectivity index (χ0v) is 11.4. The predicted octanol–water partition coefficient (Wildman–Crippen LogP) is 3.08. The van der Waals surface area contributed by atoms with Crippen LogP contribution in [0, 0.1) is 6.92 Å². The Bertz CT molecular complexity index is 703. The van der Waals surface area contributed by atoms with Gasteiger partial charge in [-0.15, -0.1) is 11.6 Å². The molecule has 1 atom stereocenters. The quantitative estimate of drug-likeness (QED) is 0.690. The summed E-state index contributed by atoms with van der Waals surface area (Å²) in [4.78, 5) is 8.63. The second kappa shape index (κ2) is 4.66. The number of aromatic nitrogens is 4. The number of halogens is 1. The number of alkyl halides is 1. The summed E-state index contributed by atoms with van der Waals surface area (Å²) in [6.07, 6.45) is 1.32. The highest BCUT2D eigenvalue weighted by Gasteiger charge is 2.16. The molecule has 2 heterocycles. The van der Waals surface area contributed by atoms with Gasteiger partial charge in [0.25, 0.3) is 0 Å². The average molecular weight is 277 g/mol. The van der Waals surface area contributed by atoms with Gasteiger partial charge in [0.1, 0.15) is 5.82 Å². The fourth-order valence-electron chi connectivity index (χ4n) is 2.12. The smallest absolute Gasteiger partial charge is 0.213 e. The van der Waals surface area contributed by atoms with Crippen LogP contribution in [0.3, 0.4) is 0 Å². The van der Waals surface area contributed by atoms with Crippen LogP contribution in [0.2, 0.25) is 0 Å². The Labute approximate surface area is 115 Å². The van der Waals surface area contributed by atoms with E-state index in [0.717, 1.165) is 16.9 Å². The number of benzene rings is 1. The number of nitrogens with zero attached hydrogens (tertiary/aromatic N) is 4. The lowest BCUT2D eigenvalue weighted by atomic mass is 10.2. The van der Waals surface area contributed by atoms with Crippen LogP contribution in [0.15, 0.2) is 29.1 Å². The molecule has 0 bridgehead atoms. The summed E-state index contributed by atoms with van der Waals surface area (Å²) in [6, 6.07) is 6.13. The molecular weight excluding hydrogens is 264 g/mol. The minimum absolute atomic E-state index is 0.181. The third-order valence-electron chi connectivity index (χ3n) is 3.00. The highest BCUT2D eigenvalue weighted by Crippen LogP contribution is 2.25. The average Bonchev–Trinajstić information content (AvgIpc) is 2.98. The summed E-state index contributed by atoms with van der Waals surface area (Å²) in [5.41, 5.74) is 3.14. The van der Waals surface area contributed by atoms with Crippen LogP contribution in [0.25, 0.3) is 11.0 Å². The molecule has 0 saturated carbocycles. The summed E-state index contributed by atoms with van der Waals surface area (Å²) in [7, 11) is 0. The van der Waals surface area contributed by atoms with E-state index in [1.807, 2.05) is 23.6 Å². The summed E-state index contributed by atoms with van der Waals surface area (Å²) in [5.74, 6) is 1.42. The largest absolute Gasteiger partial charge is 0.343 e. The molecular formula is C13H13ClN4O. The molecule has 1 aromatic carbocycles. The molecule has 0 radical (unpaired) electrons. The number of aryl methyl sites for hydroxylation is 1. The van der Waals surface area contributed by atoms with Crippen LogP contribution >= 0.6 is 11.6 Å². The molecule has 1 unspecified atom stereocenters. The molecule has 0 amide bonds. The Hall–Kier alpha value is -1.88. The molecule has 0 N–H and O–H groups in total. The Balaban J connectivity index is 2.18. The molecule has 3 aromatic rings. The lowest BCUT2D eigenvalue weighted by Gasteiger charge is -2.08. The molecule has 0 aliphatic heterocycles. The van der Waals surface area contributed by atoms with Crippen molar-refractivity contribution in [3.8, 4) is 0 Å². The number of fused-ring (bicyclic) bond motifs is 1. The van der Waals surface area contributed by atoms with Crippen LogP contribution in [0.4, 0.5) is 0 Å². The van der Waals surface area contributed by atoms with Gasteiger partial charge in [0.05, 0.1) is 23.0 Å². The SMILES string of the molecule is Cc1ccc2nc(C(C)Cl)n(Cc3ncon3)c2c1. The Kier molecular flexibility index (Phi) is 2.98. The highest BCUT2D eigenvalue weighted by atomic mass is 35.5. The molecule has 2 aromatic heterocycles. The van der Waals surface area contributed by atoms with Crippen molar-refractivity contribution in [2.45, 2.75) is 25.8 Å². The lowest BCUT2D eigenvalue weighted by molar-refractivity contribution is 0.408. The van der Waals surface area contributed by atoms with Crippen molar-refractivity contribution < 1.29 is 4.52 Å². The maximum absolute atomic E-state index is 6.21. The Morgan fingerprint density at radius 1 is 1.42 bits per heavy atom. The maximum Gasteiger partial charge on any atom is 0.213 e. The Morgan fingerprint density at radius 3 is 2.95 bits per heavy atom. The van der Waals surface area contributed by atoms with Gasteiger partial charge in [-0.2, -0.15) is 4.98 Å². The summed E-state index contributed by atoms with van der Waals surface area (Å²) < 4.78 is 6.80. The first-order valence-electron chi connectivity index (χ1n) is 6.01. The summed E-state index contributed by atoms with van der Waals surface area (Å²) in [6.45, 7) is 4.46. The van der Waals surface area contributed by atoms with Gasteiger partial charge in [0.15, 0.2) is 5.82 Å². The fourth-order valence-corrected chi connectivity index (χ4v) is 2.29. The van der Waals surface area contributed by atoms with Gasteiger partial charge in [-0.1, -0.05) is 11.2 Å². The first-order chi connectivity index (χ1) is 9.15. The van der Waals surface area contributed by atoms with E-state index in [4.69, 9.17) is 16.1 Å². The van der Waals surface area contributed by atoms with E-state index in [0.29, 0.717) is 12.4 Å². The number of imidazole rings is 1.